The van der Waals surface area contributed by atoms with Crippen LogP contribution in [-0.2, 0) is 14.4 Å². The van der Waals surface area contributed by atoms with Crippen LogP contribution in [0.1, 0.15) is 42.6 Å². The second-order valence-electron chi connectivity index (χ2n) is 11.7. The number of guanidine groups is 1. The van der Waals surface area contributed by atoms with Crippen LogP contribution in [0.2, 0.25) is 0 Å². The van der Waals surface area contributed by atoms with Gasteiger partial charge in [-0.25, -0.2) is 4.98 Å². The minimum Gasteiger partial charge on any atom is -0.370 e. The lowest BCUT2D eigenvalue weighted by atomic mass is 9.98. The number of hydrogen-bond acceptors (Lipinski definition) is 9. The lowest BCUT2D eigenvalue weighted by Crippen LogP contribution is -2.55. The van der Waals surface area contributed by atoms with Gasteiger partial charge in [0.05, 0.1) is 19.2 Å². The van der Waals surface area contributed by atoms with E-state index in [0.717, 1.165) is 58.4 Å². The number of nitrogens with two attached hydrogens (primary N) is 1. The summed E-state index contributed by atoms with van der Waals surface area (Å²) in [6.45, 7) is 5.53. The molecule has 2 atom stereocenters. The number of nitrogens with one attached hydrogen (secondary N) is 4. The number of carbonyl (C=O) groups excluding carboxylic acids is 4. The molecule has 4 rings (SSSR count). The predicted molar refractivity (Wildman–Crippen MR) is 159 cm³/mol. The van der Waals surface area contributed by atoms with Gasteiger partial charge >= 0.3 is 0 Å². The molecule has 2 aliphatic heterocycles. The zero-order valence-electron chi connectivity index (χ0n) is 25.0. The van der Waals surface area contributed by atoms with Gasteiger partial charge < -0.3 is 36.4 Å². The van der Waals surface area contributed by atoms with Gasteiger partial charge in [0, 0.05) is 77.3 Å². The van der Waals surface area contributed by atoms with E-state index < -0.39 is 11.9 Å². The van der Waals surface area contributed by atoms with Crippen LogP contribution in [0.25, 0.3) is 0 Å². The van der Waals surface area contributed by atoms with Gasteiger partial charge in [0.1, 0.15) is 11.7 Å². The summed E-state index contributed by atoms with van der Waals surface area (Å²) in [6.07, 6.45) is 7.54. The number of aromatic nitrogens is 2. The lowest BCUT2D eigenvalue weighted by Gasteiger charge is -2.33. The van der Waals surface area contributed by atoms with Crippen molar-refractivity contribution in [3.05, 3.63) is 24.3 Å². The molecule has 3 heterocycles. The molecular formula is C28H45N11O4. The molecule has 2 saturated heterocycles. The smallest absolute Gasteiger partial charge is 0.271 e. The fourth-order valence-corrected chi connectivity index (χ4v) is 5.47. The second kappa shape index (κ2) is 15.6. The standard InChI is InChI=1S/C28H45N11O4/c1-36-11-13-37(14-12-36)19-25(41)35-22(15-24(40)34-16-20-3-2-9-38(18-20)28(29)30)27(43)39(21-4-5-21)10-8-33-26(42)23-17-31-6-7-32-23/h6-7,17,20-22H,2-5,8-16,18-19H2,1H3,(H3,29,30)(H,33,42)(H,34,40)(H,35,41)/t20-,22-/m0/s1. The lowest BCUT2D eigenvalue weighted by molar-refractivity contribution is -0.139. The van der Waals surface area contributed by atoms with Crippen LogP contribution >= 0.6 is 0 Å². The number of likely N-dealkylation sites (N-methyl/N-ethyl adjacent to an activating group) is 1. The van der Waals surface area contributed by atoms with Crippen LogP contribution < -0.4 is 21.7 Å². The molecule has 43 heavy (non-hydrogen) atoms. The van der Waals surface area contributed by atoms with Gasteiger partial charge in [0.2, 0.25) is 17.7 Å². The van der Waals surface area contributed by atoms with Crippen molar-refractivity contribution < 1.29 is 19.2 Å². The van der Waals surface area contributed by atoms with Crippen LogP contribution in [0.4, 0.5) is 0 Å². The molecule has 0 spiro atoms. The molecule has 15 nitrogen and oxygen atoms in total. The van der Waals surface area contributed by atoms with Crippen LogP contribution in [0, 0.1) is 11.3 Å². The van der Waals surface area contributed by atoms with Crippen molar-refractivity contribution in [2.75, 3.05) is 72.5 Å². The first kappa shape index (κ1) is 32.1. The molecule has 15 heteroatoms. The van der Waals surface area contributed by atoms with E-state index in [0.29, 0.717) is 13.1 Å². The molecule has 0 bridgehead atoms. The average Bonchev–Trinajstić information content (AvgIpc) is 3.85. The number of piperidine rings is 1. The fourth-order valence-electron chi connectivity index (χ4n) is 5.47. The van der Waals surface area contributed by atoms with E-state index in [4.69, 9.17) is 11.1 Å². The zero-order chi connectivity index (χ0) is 30.8. The Labute approximate surface area is 252 Å². The van der Waals surface area contributed by atoms with Gasteiger partial charge in [-0.3, -0.25) is 34.5 Å². The summed E-state index contributed by atoms with van der Waals surface area (Å²) in [5.74, 6) is -1.18. The molecule has 1 aliphatic carbocycles. The highest BCUT2D eigenvalue weighted by Crippen LogP contribution is 2.27. The van der Waals surface area contributed by atoms with Gasteiger partial charge in [0.15, 0.2) is 5.96 Å². The molecule has 0 aromatic carbocycles. The maximum Gasteiger partial charge on any atom is 0.271 e. The van der Waals surface area contributed by atoms with Gasteiger partial charge in [-0.2, -0.15) is 0 Å². The maximum absolute atomic E-state index is 13.8. The number of nitrogens with zero attached hydrogens (tertiary/aromatic N) is 6. The minimum atomic E-state index is -1.03. The van der Waals surface area contributed by atoms with Crippen LogP contribution in [-0.4, -0.2) is 144 Å². The number of likely N-dealkylation sites (tertiary alicyclic amines) is 1. The second-order valence-corrected chi connectivity index (χ2v) is 11.7. The van der Waals surface area contributed by atoms with Crippen molar-refractivity contribution in [1.29, 1.82) is 5.41 Å². The Morgan fingerprint density at radius 2 is 1.84 bits per heavy atom. The van der Waals surface area contributed by atoms with Crippen molar-refractivity contribution in [3.63, 3.8) is 0 Å². The van der Waals surface area contributed by atoms with E-state index in [-0.39, 0.29) is 67.4 Å². The number of hydrogen-bond donors (Lipinski definition) is 5. The number of piperazine rings is 1. The Morgan fingerprint density at radius 1 is 1.07 bits per heavy atom. The van der Waals surface area contributed by atoms with Crippen LogP contribution in [0.3, 0.4) is 0 Å². The van der Waals surface area contributed by atoms with Crippen LogP contribution in [0.15, 0.2) is 18.6 Å². The Balaban J connectivity index is 1.36. The average molecular weight is 600 g/mol. The fraction of sp³-hybridized carbons (Fsp3) is 0.679. The van der Waals surface area contributed by atoms with Crippen molar-refractivity contribution >= 4 is 29.6 Å². The largest absolute Gasteiger partial charge is 0.370 e. The van der Waals surface area contributed by atoms with Crippen LogP contribution in [0.5, 0.6) is 0 Å². The van der Waals surface area contributed by atoms with E-state index in [1.807, 2.05) is 11.9 Å². The Bertz CT molecular complexity index is 1120. The summed E-state index contributed by atoms with van der Waals surface area (Å²) < 4.78 is 0. The Morgan fingerprint density at radius 3 is 2.51 bits per heavy atom. The minimum absolute atomic E-state index is 0.000756. The molecule has 3 fully saturated rings. The molecule has 3 aliphatic rings. The monoisotopic (exact) mass is 599 g/mol. The van der Waals surface area contributed by atoms with E-state index in [9.17, 15) is 19.2 Å². The van der Waals surface area contributed by atoms with Gasteiger partial charge in [-0.15, -0.1) is 0 Å². The molecule has 0 radical (unpaired) electrons. The predicted octanol–water partition coefficient (Wildman–Crippen LogP) is -1.96. The number of amides is 4. The number of carbonyl (C=O) groups is 4. The summed E-state index contributed by atoms with van der Waals surface area (Å²) in [5.41, 5.74) is 5.83. The highest BCUT2D eigenvalue weighted by atomic mass is 16.2. The molecule has 1 aromatic rings. The first-order chi connectivity index (χ1) is 20.7. The van der Waals surface area contributed by atoms with E-state index in [1.54, 1.807) is 9.80 Å². The third-order valence-electron chi connectivity index (χ3n) is 8.14. The summed E-state index contributed by atoms with van der Waals surface area (Å²) in [4.78, 5) is 68.0. The SMILES string of the molecule is CN1CCN(CC(=O)N[C@@H](CC(=O)NC[C@@H]2CCCN(C(=N)N)C2)C(=O)N(CCNC(=O)c2cnccn2)C2CC2)CC1. The highest BCUT2D eigenvalue weighted by Gasteiger charge is 2.37. The molecule has 6 N–H and O–H groups in total. The van der Waals surface area contributed by atoms with Gasteiger partial charge in [0.25, 0.3) is 5.91 Å². The summed E-state index contributed by atoms with van der Waals surface area (Å²) >= 11 is 0. The third-order valence-corrected chi connectivity index (χ3v) is 8.14. The number of rotatable bonds is 13. The van der Waals surface area contributed by atoms with E-state index in [1.165, 1.54) is 18.6 Å². The van der Waals surface area contributed by atoms with Crippen molar-refractivity contribution in [1.82, 2.24) is 45.5 Å². The summed E-state index contributed by atoms with van der Waals surface area (Å²) in [7, 11) is 2.04. The third kappa shape index (κ3) is 10.1. The summed E-state index contributed by atoms with van der Waals surface area (Å²) in [5, 5.41) is 16.3. The topological polar surface area (TPSA) is 193 Å². The van der Waals surface area contributed by atoms with Crippen molar-refractivity contribution in [2.45, 2.75) is 44.2 Å². The normalized spacial score (nSPS) is 20.1. The zero-order valence-corrected chi connectivity index (χ0v) is 25.0. The Kier molecular flexibility index (Phi) is 11.6. The molecule has 0 unspecified atom stereocenters. The molecule has 1 aromatic heterocycles. The van der Waals surface area contributed by atoms with Crippen molar-refractivity contribution in [2.24, 2.45) is 11.7 Å². The van der Waals surface area contributed by atoms with E-state index in [2.05, 4.69) is 30.8 Å². The summed E-state index contributed by atoms with van der Waals surface area (Å²) in [6, 6.07) is -1.03. The first-order valence-electron chi connectivity index (χ1n) is 15.1. The quantitative estimate of drug-likeness (QED) is 0.126. The van der Waals surface area contributed by atoms with Gasteiger partial charge in [-0.05, 0) is 38.6 Å². The molecule has 1 saturated carbocycles. The van der Waals surface area contributed by atoms with Crippen molar-refractivity contribution in [3.8, 4) is 0 Å². The first-order valence-corrected chi connectivity index (χ1v) is 15.1. The Hall–Kier alpha value is -3.85. The highest BCUT2D eigenvalue weighted by molar-refractivity contribution is 5.93. The molecular weight excluding hydrogens is 554 g/mol. The molecule has 236 valence electrons. The maximum atomic E-state index is 13.8. The van der Waals surface area contributed by atoms with E-state index >= 15 is 0 Å². The molecule has 4 amide bonds. The van der Waals surface area contributed by atoms with Gasteiger partial charge in [-0.1, -0.05) is 0 Å².